The zero-order valence-electron chi connectivity index (χ0n) is 20.0. The fraction of sp³-hybridized carbons (Fsp3) is 0.519. The zero-order chi connectivity index (χ0) is 24.8. The summed E-state index contributed by atoms with van der Waals surface area (Å²) >= 11 is 0. The van der Waals surface area contributed by atoms with Crippen molar-refractivity contribution in [3.8, 4) is 0 Å². The van der Waals surface area contributed by atoms with Gasteiger partial charge in [-0.1, -0.05) is 55.3 Å². The molecule has 0 bridgehead atoms. The number of esters is 1. The van der Waals surface area contributed by atoms with Crippen LogP contribution in [0.2, 0.25) is 0 Å². The quantitative estimate of drug-likeness (QED) is 0.302. The molecule has 1 aliphatic carbocycles. The first kappa shape index (κ1) is 27.3. The van der Waals surface area contributed by atoms with Gasteiger partial charge in [0.15, 0.2) is 0 Å². The summed E-state index contributed by atoms with van der Waals surface area (Å²) in [7, 11) is 0. The largest absolute Gasteiger partial charge is 0.463 e. The molecule has 0 aromatic heterocycles. The second-order valence-corrected chi connectivity index (χ2v) is 8.91. The van der Waals surface area contributed by atoms with Gasteiger partial charge in [0.2, 0.25) is 11.8 Å². The van der Waals surface area contributed by atoms with E-state index in [0.717, 1.165) is 31.2 Å². The molecule has 186 valence electrons. The van der Waals surface area contributed by atoms with E-state index in [9.17, 15) is 19.5 Å². The first-order valence-electron chi connectivity index (χ1n) is 12.0. The first-order valence-corrected chi connectivity index (χ1v) is 12.0. The van der Waals surface area contributed by atoms with Gasteiger partial charge in [0.05, 0.1) is 18.1 Å². The van der Waals surface area contributed by atoms with E-state index < -0.39 is 11.5 Å². The fourth-order valence-corrected chi connectivity index (χ4v) is 4.27. The number of rotatable bonds is 15. The normalized spacial score (nSPS) is 15.2. The number of hydrogen-bond acceptors (Lipinski definition) is 5. The maximum absolute atomic E-state index is 13.3. The number of nitrogens with zero attached hydrogens (tertiary/aromatic N) is 1. The molecular weight excluding hydrogens is 432 g/mol. The molecule has 0 saturated heterocycles. The number of aliphatic hydroxyl groups excluding tert-OH is 1. The summed E-state index contributed by atoms with van der Waals surface area (Å²) in [5.41, 5.74) is 0.357. The van der Waals surface area contributed by atoms with Gasteiger partial charge in [0.25, 0.3) is 0 Å². The Hall–Kier alpha value is -2.93. The number of allylic oxidation sites excluding steroid dienone is 2. The van der Waals surface area contributed by atoms with Crippen molar-refractivity contribution in [2.45, 2.75) is 63.5 Å². The van der Waals surface area contributed by atoms with Crippen LogP contribution in [0.3, 0.4) is 0 Å². The van der Waals surface area contributed by atoms with Gasteiger partial charge in [0.1, 0.15) is 6.61 Å². The lowest BCUT2D eigenvalue weighted by Gasteiger charge is -2.32. The van der Waals surface area contributed by atoms with Gasteiger partial charge < -0.3 is 20.1 Å². The molecule has 34 heavy (non-hydrogen) atoms. The number of ether oxygens (including phenoxy) is 1. The Morgan fingerprint density at radius 1 is 1.15 bits per heavy atom. The highest BCUT2D eigenvalue weighted by molar-refractivity contribution is 5.86. The summed E-state index contributed by atoms with van der Waals surface area (Å²) in [6, 6.07) is 9.55. The molecule has 1 atom stereocenters. The molecule has 2 amide bonds. The van der Waals surface area contributed by atoms with Crippen molar-refractivity contribution >= 4 is 17.8 Å². The predicted octanol–water partition coefficient (Wildman–Crippen LogP) is 3.53. The summed E-state index contributed by atoms with van der Waals surface area (Å²) in [6.45, 7) is 7.91. The first-order chi connectivity index (χ1) is 16.4. The molecule has 0 radical (unpaired) electrons. The van der Waals surface area contributed by atoms with Crippen LogP contribution in [-0.2, 0) is 25.7 Å². The fourth-order valence-electron chi connectivity index (χ4n) is 4.27. The second kappa shape index (κ2) is 14.4. The number of carbonyl (C=O) groups is 3. The molecule has 1 saturated carbocycles. The Kier molecular flexibility index (Phi) is 11.5. The summed E-state index contributed by atoms with van der Waals surface area (Å²) in [5, 5.41) is 12.6. The number of amides is 2. The van der Waals surface area contributed by atoms with E-state index in [2.05, 4.69) is 18.5 Å². The molecular formula is C27H38N2O5. The number of hydrogen-bond donors (Lipinski definition) is 2. The number of aliphatic hydroxyl groups is 1. The highest BCUT2D eigenvalue weighted by atomic mass is 16.5. The molecule has 0 aliphatic heterocycles. The Bertz CT molecular complexity index is 818. The van der Waals surface area contributed by atoms with Crippen LogP contribution in [0.15, 0.2) is 55.6 Å². The van der Waals surface area contributed by atoms with E-state index in [1.165, 1.54) is 0 Å². The van der Waals surface area contributed by atoms with Crippen molar-refractivity contribution in [1.82, 2.24) is 10.2 Å². The molecule has 2 rings (SSSR count). The molecule has 1 fully saturated rings. The van der Waals surface area contributed by atoms with Crippen molar-refractivity contribution in [3.63, 3.8) is 0 Å². The molecule has 7 heteroatoms. The van der Waals surface area contributed by atoms with Crippen LogP contribution in [0, 0.1) is 5.92 Å². The average molecular weight is 471 g/mol. The monoisotopic (exact) mass is 470 g/mol. The van der Waals surface area contributed by atoms with Gasteiger partial charge in [-0.3, -0.25) is 14.4 Å². The minimum absolute atomic E-state index is 0.0138. The van der Waals surface area contributed by atoms with E-state index in [0.29, 0.717) is 19.4 Å². The third-order valence-corrected chi connectivity index (χ3v) is 6.19. The maximum atomic E-state index is 13.3. The molecule has 0 heterocycles. The van der Waals surface area contributed by atoms with Crippen LogP contribution in [0.4, 0.5) is 0 Å². The number of carbonyl (C=O) groups excluding carboxylic acids is 3. The van der Waals surface area contributed by atoms with Gasteiger partial charge in [-0.25, -0.2) is 0 Å². The topological polar surface area (TPSA) is 95.9 Å². The van der Waals surface area contributed by atoms with E-state index in [1.807, 2.05) is 30.3 Å². The van der Waals surface area contributed by atoms with E-state index in [-0.39, 0.29) is 50.4 Å². The summed E-state index contributed by atoms with van der Waals surface area (Å²) in [4.78, 5) is 39.9. The van der Waals surface area contributed by atoms with Gasteiger partial charge >= 0.3 is 5.97 Å². The van der Waals surface area contributed by atoms with Crippen molar-refractivity contribution < 1.29 is 24.2 Å². The lowest BCUT2D eigenvalue weighted by molar-refractivity contribution is -0.147. The van der Waals surface area contributed by atoms with Gasteiger partial charge in [0, 0.05) is 25.9 Å². The van der Waals surface area contributed by atoms with Crippen molar-refractivity contribution in [2.24, 2.45) is 5.92 Å². The molecule has 1 unspecified atom stereocenters. The Morgan fingerprint density at radius 3 is 2.47 bits per heavy atom. The predicted molar refractivity (Wildman–Crippen MR) is 132 cm³/mol. The molecule has 1 aromatic rings. The van der Waals surface area contributed by atoms with E-state index in [1.54, 1.807) is 17.1 Å². The maximum Gasteiger partial charge on any atom is 0.306 e. The molecule has 2 N–H and O–H groups in total. The van der Waals surface area contributed by atoms with Crippen LogP contribution in [-0.4, -0.2) is 53.1 Å². The minimum atomic E-state index is -0.599. The summed E-state index contributed by atoms with van der Waals surface area (Å²) < 4.78 is 5.47. The van der Waals surface area contributed by atoms with Crippen molar-refractivity contribution in [2.75, 3.05) is 19.8 Å². The minimum Gasteiger partial charge on any atom is -0.463 e. The highest BCUT2D eigenvalue weighted by Crippen LogP contribution is 2.31. The van der Waals surface area contributed by atoms with E-state index in [4.69, 9.17) is 4.74 Å². The van der Waals surface area contributed by atoms with Crippen LogP contribution < -0.4 is 5.32 Å². The Balaban J connectivity index is 2.04. The lowest BCUT2D eigenvalue weighted by atomic mass is 9.94. The average Bonchev–Trinajstić information content (AvgIpc) is 3.30. The van der Waals surface area contributed by atoms with Crippen molar-refractivity contribution in [3.05, 3.63) is 61.2 Å². The lowest BCUT2D eigenvalue weighted by Crippen LogP contribution is -2.52. The summed E-state index contributed by atoms with van der Waals surface area (Å²) in [6.07, 6.45) is 7.83. The van der Waals surface area contributed by atoms with Gasteiger partial charge in [-0.05, 0) is 31.2 Å². The van der Waals surface area contributed by atoms with Crippen LogP contribution in [0.1, 0.15) is 56.9 Å². The standard InChI is InChI=1S/C27H38N2O5/c1-3-5-14-25(32)34-21-27(15-9-10-16-27)28-26(33)23(11-4-2)19-24(31)29(17-18-30)20-22-12-7-6-8-13-22/h3-4,6-8,12-13,23,30H,1-2,5,9-11,14-21H2,(H,28,33). The van der Waals surface area contributed by atoms with Crippen LogP contribution in [0.25, 0.3) is 0 Å². The highest BCUT2D eigenvalue weighted by Gasteiger charge is 2.38. The van der Waals surface area contributed by atoms with Gasteiger partial charge in [-0.2, -0.15) is 0 Å². The number of benzene rings is 1. The van der Waals surface area contributed by atoms with E-state index >= 15 is 0 Å². The second-order valence-electron chi connectivity index (χ2n) is 8.91. The molecule has 1 aliphatic rings. The Morgan fingerprint density at radius 2 is 1.85 bits per heavy atom. The smallest absolute Gasteiger partial charge is 0.306 e. The SMILES string of the molecule is C=CCCC(=O)OCC1(NC(=O)C(CC=C)CC(=O)N(CCO)Cc2ccccc2)CCCC1. The van der Waals surface area contributed by atoms with Gasteiger partial charge in [-0.15, -0.1) is 13.2 Å². The molecule has 0 spiro atoms. The van der Waals surface area contributed by atoms with Crippen LogP contribution >= 0.6 is 0 Å². The molecule has 1 aromatic carbocycles. The van der Waals surface area contributed by atoms with Crippen LogP contribution in [0.5, 0.6) is 0 Å². The number of nitrogens with one attached hydrogen (secondary N) is 1. The van der Waals surface area contributed by atoms with Crippen molar-refractivity contribution in [1.29, 1.82) is 0 Å². The third kappa shape index (κ3) is 8.78. The summed E-state index contributed by atoms with van der Waals surface area (Å²) in [5.74, 6) is -1.33. The molecule has 7 nitrogen and oxygen atoms in total. The third-order valence-electron chi connectivity index (χ3n) is 6.19. The zero-order valence-corrected chi connectivity index (χ0v) is 20.0. The Labute approximate surface area is 202 Å².